The van der Waals surface area contributed by atoms with E-state index in [2.05, 4.69) is 0 Å². The Morgan fingerprint density at radius 2 is 1.96 bits per heavy atom. The van der Waals surface area contributed by atoms with Crippen LogP contribution in [0.4, 0.5) is 0 Å². The van der Waals surface area contributed by atoms with Crippen molar-refractivity contribution < 1.29 is 23.8 Å². The van der Waals surface area contributed by atoms with Crippen LogP contribution >= 0.6 is 0 Å². The Balaban J connectivity index is 2.73. The summed E-state index contributed by atoms with van der Waals surface area (Å²) in [4.78, 5) is 24.7. The normalized spacial score (nSPS) is 11.9. The molecule has 1 aromatic rings. The fraction of sp³-hybridized carbons (Fsp3) is 0.412. The van der Waals surface area contributed by atoms with Gasteiger partial charge in [-0.2, -0.15) is 0 Å². The molecule has 0 radical (unpaired) electrons. The van der Waals surface area contributed by atoms with Gasteiger partial charge in [0.2, 0.25) is 0 Å². The van der Waals surface area contributed by atoms with Crippen LogP contribution in [0.25, 0.3) is 6.08 Å². The average molecular weight is 321 g/mol. The van der Waals surface area contributed by atoms with Crippen molar-refractivity contribution in [2.45, 2.75) is 20.0 Å². The van der Waals surface area contributed by atoms with Crippen LogP contribution in [0.2, 0.25) is 0 Å². The molecule has 0 spiro atoms. The van der Waals surface area contributed by atoms with Crippen LogP contribution in [0.5, 0.6) is 11.5 Å². The number of carbonyl (C=O) groups excluding carboxylic acids is 2. The second-order valence-electron chi connectivity index (χ2n) is 4.99. The van der Waals surface area contributed by atoms with Gasteiger partial charge in [0.1, 0.15) is 0 Å². The Hall–Kier alpha value is -2.50. The lowest BCUT2D eigenvalue weighted by Gasteiger charge is -2.16. The Labute approximate surface area is 136 Å². The molecule has 1 amide bonds. The zero-order valence-corrected chi connectivity index (χ0v) is 14.2. The highest BCUT2D eigenvalue weighted by Gasteiger charge is 2.17. The maximum absolute atomic E-state index is 11.7. The van der Waals surface area contributed by atoms with Gasteiger partial charge in [0.25, 0.3) is 5.91 Å². The zero-order chi connectivity index (χ0) is 17.4. The first-order valence-corrected chi connectivity index (χ1v) is 7.29. The number of ether oxygens (including phenoxy) is 3. The van der Waals surface area contributed by atoms with Crippen LogP contribution in [-0.4, -0.2) is 50.7 Å². The van der Waals surface area contributed by atoms with E-state index in [1.165, 1.54) is 17.9 Å². The minimum absolute atomic E-state index is 0.269. The molecule has 0 N–H and O–H groups in total. The Morgan fingerprint density at radius 3 is 2.52 bits per heavy atom. The molecule has 0 saturated heterocycles. The number of benzene rings is 1. The molecule has 0 aromatic heterocycles. The van der Waals surface area contributed by atoms with Crippen molar-refractivity contribution in [2.75, 3.05) is 27.8 Å². The van der Waals surface area contributed by atoms with Crippen molar-refractivity contribution in [3.63, 3.8) is 0 Å². The third kappa shape index (κ3) is 5.65. The molecule has 0 aliphatic carbocycles. The van der Waals surface area contributed by atoms with E-state index in [1.807, 2.05) is 6.92 Å². The van der Waals surface area contributed by atoms with Crippen molar-refractivity contribution in [1.82, 2.24) is 4.90 Å². The van der Waals surface area contributed by atoms with E-state index in [4.69, 9.17) is 14.2 Å². The number of nitrogens with zero attached hydrogens (tertiary/aromatic N) is 1. The van der Waals surface area contributed by atoms with Gasteiger partial charge in [-0.1, -0.05) is 6.07 Å². The van der Waals surface area contributed by atoms with Gasteiger partial charge in [0, 0.05) is 20.2 Å². The summed E-state index contributed by atoms with van der Waals surface area (Å²) in [7, 11) is 4.76. The van der Waals surface area contributed by atoms with Crippen molar-refractivity contribution in [1.29, 1.82) is 0 Å². The summed E-state index contributed by atoms with van der Waals surface area (Å²) in [6.45, 7) is 3.96. The SMILES string of the molecule is CCOc1ccc(/C=C/C(=O)O[C@@H](C)C(=O)N(C)C)cc1OC. The molecule has 0 unspecified atom stereocenters. The number of carbonyl (C=O) groups is 2. The van der Waals surface area contributed by atoms with Gasteiger partial charge in [0.15, 0.2) is 17.6 Å². The summed E-state index contributed by atoms with van der Waals surface area (Å²) in [5, 5.41) is 0. The van der Waals surface area contributed by atoms with Gasteiger partial charge >= 0.3 is 5.97 Å². The summed E-state index contributed by atoms with van der Waals surface area (Å²) in [6, 6.07) is 5.32. The number of esters is 1. The van der Waals surface area contributed by atoms with E-state index in [1.54, 1.807) is 45.5 Å². The lowest BCUT2D eigenvalue weighted by Crippen LogP contribution is -2.34. The van der Waals surface area contributed by atoms with Gasteiger partial charge in [-0.05, 0) is 37.6 Å². The van der Waals surface area contributed by atoms with Crippen LogP contribution in [0.1, 0.15) is 19.4 Å². The fourth-order valence-electron chi connectivity index (χ4n) is 1.85. The largest absolute Gasteiger partial charge is 0.493 e. The van der Waals surface area contributed by atoms with E-state index in [9.17, 15) is 9.59 Å². The molecule has 1 atom stereocenters. The molecule has 0 bridgehead atoms. The van der Waals surface area contributed by atoms with E-state index in [-0.39, 0.29) is 5.91 Å². The first-order valence-electron chi connectivity index (χ1n) is 7.29. The molecule has 1 aromatic carbocycles. The molecule has 126 valence electrons. The maximum Gasteiger partial charge on any atom is 0.331 e. The molecule has 0 saturated carbocycles. The van der Waals surface area contributed by atoms with Crippen LogP contribution in [-0.2, 0) is 14.3 Å². The molecule has 1 rings (SSSR count). The molecule has 0 aliphatic heterocycles. The average Bonchev–Trinajstić information content (AvgIpc) is 2.53. The molecular weight excluding hydrogens is 298 g/mol. The molecule has 6 heteroatoms. The van der Waals surface area contributed by atoms with E-state index < -0.39 is 12.1 Å². The van der Waals surface area contributed by atoms with Crippen molar-refractivity contribution in [3.05, 3.63) is 29.8 Å². The highest BCUT2D eigenvalue weighted by Crippen LogP contribution is 2.28. The summed E-state index contributed by atoms with van der Waals surface area (Å²) in [6.07, 6.45) is 2.04. The second kappa shape index (κ2) is 8.82. The number of rotatable bonds is 7. The summed E-state index contributed by atoms with van der Waals surface area (Å²) < 4.78 is 15.7. The third-order valence-electron chi connectivity index (χ3n) is 2.98. The first kappa shape index (κ1) is 18.5. The van der Waals surface area contributed by atoms with Crippen LogP contribution in [0.3, 0.4) is 0 Å². The Kier molecular flexibility index (Phi) is 7.12. The second-order valence-corrected chi connectivity index (χ2v) is 4.99. The Morgan fingerprint density at radius 1 is 1.26 bits per heavy atom. The summed E-state index contributed by atoms with van der Waals surface area (Å²) >= 11 is 0. The highest BCUT2D eigenvalue weighted by molar-refractivity contribution is 5.90. The van der Waals surface area contributed by atoms with Crippen LogP contribution in [0.15, 0.2) is 24.3 Å². The molecule has 6 nitrogen and oxygen atoms in total. The molecular formula is C17H23NO5. The fourth-order valence-corrected chi connectivity index (χ4v) is 1.85. The van der Waals surface area contributed by atoms with Gasteiger partial charge in [-0.3, -0.25) is 4.79 Å². The zero-order valence-electron chi connectivity index (χ0n) is 14.2. The number of methoxy groups -OCH3 is 1. The first-order chi connectivity index (χ1) is 10.9. The van der Waals surface area contributed by atoms with Crippen molar-refractivity contribution in [2.24, 2.45) is 0 Å². The monoisotopic (exact) mass is 321 g/mol. The summed E-state index contributed by atoms with van der Waals surface area (Å²) in [5.74, 6) is 0.369. The van der Waals surface area contributed by atoms with Crippen LogP contribution < -0.4 is 9.47 Å². The smallest absolute Gasteiger partial charge is 0.331 e. The van der Waals surface area contributed by atoms with Gasteiger partial charge in [0.05, 0.1) is 13.7 Å². The standard InChI is InChI=1S/C17H23NO5/c1-6-22-14-9-7-13(11-15(14)21-5)8-10-16(19)23-12(2)17(20)18(3)4/h7-12H,6H2,1-5H3/b10-8+/t12-/m0/s1. The molecule has 0 fully saturated rings. The number of hydrogen-bond donors (Lipinski definition) is 0. The van der Waals surface area contributed by atoms with Crippen LogP contribution in [0, 0.1) is 0 Å². The Bertz CT molecular complexity index is 580. The number of likely N-dealkylation sites (N-methyl/N-ethyl adjacent to an activating group) is 1. The molecule has 23 heavy (non-hydrogen) atoms. The lowest BCUT2D eigenvalue weighted by molar-refractivity contribution is -0.153. The van der Waals surface area contributed by atoms with E-state index in [0.29, 0.717) is 18.1 Å². The maximum atomic E-state index is 11.7. The predicted molar refractivity (Wildman–Crippen MR) is 87.4 cm³/mol. The topological polar surface area (TPSA) is 65.1 Å². The molecule has 0 heterocycles. The number of amides is 1. The lowest BCUT2D eigenvalue weighted by atomic mass is 10.2. The van der Waals surface area contributed by atoms with Crippen molar-refractivity contribution in [3.8, 4) is 11.5 Å². The van der Waals surface area contributed by atoms with Gasteiger partial charge in [-0.15, -0.1) is 0 Å². The van der Waals surface area contributed by atoms with E-state index >= 15 is 0 Å². The molecule has 0 aliphatic rings. The minimum atomic E-state index is -0.822. The third-order valence-corrected chi connectivity index (χ3v) is 2.98. The van der Waals surface area contributed by atoms with Gasteiger partial charge < -0.3 is 19.1 Å². The minimum Gasteiger partial charge on any atom is -0.493 e. The quantitative estimate of drug-likeness (QED) is 0.568. The predicted octanol–water partition coefficient (Wildman–Crippen LogP) is 2.13. The van der Waals surface area contributed by atoms with E-state index in [0.717, 1.165) is 5.56 Å². The van der Waals surface area contributed by atoms with Crippen molar-refractivity contribution >= 4 is 18.0 Å². The summed E-state index contributed by atoms with van der Waals surface area (Å²) in [5.41, 5.74) is 0.758. The number of hydrogen-bond acceptors (Lipinski definition) is 5. The highest BCUT2D eigenvalue weighted by atomic mass is 16.5. The van der Waals surface area contributed by atoms with Gasteiger partial charge in [-0.25, -0.2) is 4.79 Å².